The Morgan fingerprint density at radius 1 is 1.23 bits per heavy atom. The standard InChI is InChI=1S/C31H35N7O2/c1-5-29(39)34-24-14-25(28(40-4)15-27(24)37(3)13-12-32-2)36-30-33-11-10-23(35-30)22-19-38(31-16-20(17-31)18-31)26-9-7-6-8-21(22)26/h5-11,14-15,19-20,32H,1,12-13,16-18H2,2-4H3,(H,34,39)(H,33,35,36). The normalized spacial score (nSPS) is 18.9. The number of methoxy groups -OCH3 is 1. The van der Waals surface area contributed by atoms with Crippen LogP contribution in [0.1, 0.15) is 19.3 Å². The number of para-hydroxylation sites is 1. The maximum absolute atomic E-state index is 12.3. The lowest BCUT2D eigenvalue weighted by atomic mass is 9.49. The summed E-state index contributed by atoms with van der Waals surface area (Å²) in [6.45, 7) is 5.12. The minimum absolute atomic E-state index is 0.276. The molecule has 2 heterocycles. The third kappa shape index (κ3) is 4.46. The molecule has 9 heteroatoms. The van der Waals surface area contributed by atoms with Crippen molar-refractivity contribution in [3.05, 3.63) is 67.5 Å². The molecule has 4 aromatic rings. The van der Waals surface area contributed by atoms with Crippen molar-refractivity contribution in [3.63, 3.8) is 0 Å². The van der Waals surface area contributed by atoms with Crippen molar-refractivity contribution in [1.82, 2.24) is 19.9 Å². The van der Waals surface area contributed by atoms with Gasteiger partial charge in [-0.15, -0.1) is 0 Å². The number of ether oxygens (including phenoxy) is 1. The molecule has 7 rings (SSSR count). The number of rotatable bonds is 11. The molecule has 3 aliphatic carbocycles. The highest BCUT2D eigenvalue weighted by atomic mass is 16.5. The summed E-state index contributed by atoms with van der Waals surface area (Å²) in [7, 11) is 5.50. The van der Waals surface area contributed by atoms with Gasteiger partial charge in [-0.05, 0) is 56.5 Å². The van der Waals surface area contributed by atoms with Gasteiger partial charge in [0.05, 0.1) is 29.9 Å². The molecule has 3 aliphatic rings. The molecule has 40 heavy (non-hydrogen) atoms. The molecule has 3 saturated carbocycles. The van der Waals surface area contributed by atoms with Gasteiger partial charge in [0.15, 0.2) is 0 Å². The largest absolute Gasteiger partial charge is 0.494 e. The van der Waals surface area contributed by atoms with Gasteiger partial charge < -0.3 is 30.2 Å². The van der Waals surface area contributed by atoms with Crippen LogP contribution in [0.2, 0.25) is 0 Å². The summed E-state index contributed by atoms with van der Waals surface area (Å²) in [6.07, 6.45) is 9.10. The second kappa shape index (κ2) is 10.3. The zero-order valence-electron chi connectivity index (χ0n) is 23.2. The van der Waals surface area contributed by atoms with Gasteiger partial charge in [-0.25, -0.2) is 9.97 Å². The molecule has 9 nitrogen and oxygen atoms in total. The van der Waals surface area contributed by atoms with E-state index >= 15 is 0 Å². The summed E-state index contributed by atoms with van der Waals surface area (Å²) >= 11 is 0. The second-order valence-electron chi connectivity index (χ2n) is 10.8. The van der Waals surface area contributed by atoms with Gasteiger partial charge >= 0.3 is 0 Å². The van der Waals surface area contributed by atoms with Crippen molar-refractivity contribution in [3.8, 4) is 17.0 Å². The van der Waals surface area contributed by atoms with E-state index in [2.05, 4.69) is 67.4 Å². The quantitative estimate of drug-likeness (QED) is 0.228. The number of nitrogens with one attached hydrogen (secondary N) is 3. The molecule has 0 unspecified atom stereocenters. The summed E-state index contributed by atoms with van der Waals surface area (Å²) in [6, 6.07) is 14.3. The number of benzene rings is 2. The van der Waals surface area contributed by atoms with Gasteiger partial charge in [0.2, 0.25) is 11.9 Å². The highest BCUT2D eigenvalue weighted by Crippen LogP contribution is 2.63. The van der Waals surface area contributed by atoms with Gasteiger partial charge in [-0.1, -0.05) is 24.8 Å². The van der Waals surface area contributed by atoms with Gasteiger partial charge in [0.25, 0.3) is 0 Å². The summed E-state index contributed by atoms with van der Waals surface area (Å²) in [5.41, 5.74) is 5.57. The highest BCUT2D eigenvalue weighted by molar-refractivity contribution is 6.02. The first-order valence-corrected chi connectivity index (χ1v) is 13.7. The third-order valence-electron chi connectivity index (χ3n) is 8.28. The topological polar surface area (TPSA) is 96.3 Å². The average Bonchev–Trinajstić information content (AvgIpc) is 3.29. The number of fused-ring (bicyclic) bond motifs is 1. The lowest BCUT2D eigenvalue weighted by molar-refractivity contribution is -0.111. The fraction of sp³-hybridized carbons (Fsp3) is 0.323. The monoisotopic (exact) mass is 537 g/mol. The van der Waals surface area contributed by atoms with E-state index < -0.39 is 0 Å². The number of amides is 1. The van der Waals surface area contributed by atoms with Crippen LogP contribution >= 0.6 is 0 Å². The molecule has 2 aromatic heterocycles. The number of carbonyl (C=O) groups is 1. The fourth-order valence-corrected chi connectivity index (χ4v) is 6.03. The molecule has 1 amide bonds. The van der Waals surface area contributed by atoms with Crippen LogP contribution in [0.15, 0.2) is 67.5 Å². The number of hydrogen-bond donors (Lipinski definition) is 3. The number of likely N-dealkylation sites (N-methyl/N-ethyl adjacent to an activating group) is 2. The molecule has 0 aliphatic heterocycles. The zero-order valence-corrected chi connectivity index (χ0v) is 23.2. The van der Waals surface area contributed by atoms with E-state index in [1.165, 1.54) is 36.2 Å². The highest BCUT2D eigenvalue weighted by Gasteiger charge is 2.58. The predicted octanol–water partition coefficient (Wildman–Crippen LogP) is 5.14. The van der Waals surface area contributed by atoms with E-state index in [1.54, 1.807) is 13.3 Å². The van der Waals surface area contributed by atoms with Gasteiger partial charge in [-0.3, -0.25) is 4.79 Å². The molecule has 2 aromatic carbocycles. The van der Waals surface area contributed by atoms with E-state index in [1.807, 2.05) is 32.3 Å². The summed E-state index contributed by atoms with van der Waals surface area (Å²) in [5.74, 6) is 1.65. The lowest BCUT2D eigenvalue weighted by Gasteiger charge is -2.62. The molecule has 206 valence electrons. The van der Waals surface area contributed by atoms with E-state index in [-0.39, 0.29) is 11.4 Å². The Morgan fingerprint density at radius 2 is 2.02 bits per heavy atom. The first-order valence-electron chi connectivity index (χ1n) is 13.7. The van der Waals surface area contributed by atoms with Crippen LogP contribution in [-0.4, -0.2) is 54.7 Å². The Morgan fingerprint density at radius 3 is 2.73 bits per heavy atom. The Balaban J connectivity index is 1.35. The van der Waals surface area contributed by atoms with Crippen LogP contribution in [0.3, 0.4) is 0 Å². The number of aromatic nitrogens is 3. The van der Waals surface area contributed by atoms with Crippen LogP contribution in [0.5, 0.6) is 5.75 Å². The maximum atomic E-state index is 12.3. The van der Waals surface area contributed by atoms with Crippen molar-refractivity contribution in [2.24, 2.45) is 5.92 Å². The van der Waals surface area contributed by atoms with Crippen molar-refractivity contribution in [1.29, 1.82) is 0 Å². The first-order chi connectivity index (χ1) is 19.4. The van der Waals surface area contributed by atoms with Gasteiger partial charge in [-0.2, -0.15) is 0 Å². The summed E-state index contributed by atoms with van der Waals surface area (Å²) < 4.78 is 8.22. The summed E-state index contributed by atoms with van der Waals surface area (Å²) in [5, 5.41) is 10.6. The molecular weight excluding hydrogens is 502 g/mol. The molecule has 3 N–H and O–H groups in total. The Hall–Kier alpha value is -4.37. The van der Waals surface area contributed by atoms with Crippen molar-refractivity contribution in [2.75, 3.05) is 49.8 Å². The minimum atomic E-state index is -0.294. The number of carbonyl (C=O) groups excluding carboxylic acids is 1. The second-order valence-corrected chi connectivity index (χ2v) is 10.8. The van der Waals surface area contributed by atoms with E-state index in [4.69, 9.17) is 9.72 Å². The van der Waals surface area contributed by atoms with Crippen LogP contribution in [-0.2, 0) is 10.3 Å². The molecule has 0 radical (unpaired) electrons. The Kier molecular flexibility index (Phi) is 6.67. The molecule has 0 spiro atoms. The minimum Gasteiger partial charge on any atom is -0.494 e. The van der Waals surface area contributed by atoms with Crippen molar-refractivity contribution >= 4 is 39.8 Å². The van der Waals surface area contributed by atoms with Crippen LogP contribution in [0.4, 0.5) is 23.0 Å². The Bertz CT molecular complexity index is 1580. The average molecular weight is 538 g/mol. The SMILES string of the molecule is C=CC(=O)Nc1cc(Nc2nccc(-c3cn(C45CC(C4)C5)c4ccccc34)n2)c(OC)cc1N(C)CCNC. The lowest BCUT2D eigenvalue weighted by Crippen LogP contribution is -2.58. The Labute approximate surface area is 234 Å². The van der Waals surface area contributed by atoms with E-state index in [0.717, 1.165) is 36.0 Å². The summed E-state index contributed by atoms with van der Waals surface area (Å²) in [4.78, 5) is 23.7. The van der Waals surface area contributed by atoms with Gasteiger partial charge in [0.1, 0.15) is 5.75 Å². The van der Waals surface area contributed by atoms with E-state index in [0.29, 0.717) is 23.1 Å². The zero-order chi connectivity index (χ0) is 27.9. The maximum Gasteiger partial charge on any atom is 0.247 e. The fourth-order valence-electron chi connectivity index (χ4n) is 6.03. The molecule has 2 bridgehead atoms. The molecule has 0 saturated heterocycles. The predicted molar refractivity (Wildman–Crippen MR) is 161 cm³/mol. The van der Waals surface area contributed by atoms with Crippen molar-refractivity contribution in [2.45, 2.75) is 24.8 Å². The molecule has 0 atom stereocenters. The van der Waals surface area contributed by atoms with Crippen LogP contribution < -0.4 is 25.6 Å². The molecular formula is C31H35N7O2. The number of nitrogens with zero attached hydrogens (tertiary/aromatic N) is 4. The van der Waals surface area contributed by atoms with Crippen LogP contribution in [0.25, 0.3) is 22.2 Å². The smallest absolute Gasteiger partial charge is 0.247 e. The number of anilines is 4. The van der Waals surface area contributed by atoms with Crippen molar-refractivity contribution < 1.29 is 9.53 Å². The van der Waals surface area contributed by atoms with E-state index in [9.17, 15) is 4.79 Å². The van der Waals surface area contributed by atoms with Gasteiger partial charge in [0, 0.05) is 60.6 Å². The third-order valence-corrected chi connectivity index (χ3v) is 8.28. The number of hydrogen-bond acceptors (Lipinski definition) is 7. The first kappa shape index (κ1) is 25.9. The molecule has 3 fully saturated rings. The van der Waals surface area contributed by atoms with Crippen LogP contribution in [0, 0.1) is 5.92 Å².